The summed E-state index contributed by atoms with van der Waals surface area (Å²) in [5, 5.41) is 31.6. The summed E-state index contributed by atoms with van der Waals surface area (Å²) >= 11 is 0. The summed E-state index contributed by atoms with van der Waals surface area (Å²) in [5.74, 6) is -3.15. The Bertz CT molecular complexity index is 1680. The SMILES string of the molecule is CC/C=C\C/C=C\C/C=C\C/C=C\CCCCCCC(=O)OC(COC(=O)CCCCCCCCCCCCCCCCCCCCC)COC1OC(C(=O)O)C(O)C(O)C1OC(=O)CCCCCCC/C=C\C/C=C\CCCCC. The van der Waals surface area contributed by atoms with Gasteiger partial charge in [0.05, 0.1) is 6.61 Å². The lowest BCUT2D eigenvalue weighted by atomic mass is 9.98. The van der Waals surface area contributed by atoms with Gasteiger partial charge in [0.25, 0.3) is 0 Å². The van der Waals surface area contributed by atoms with Crippen molar-refractivity contribution in [2.45, 2.75) is 327 Å². The van der Waals surface area contributed by atoms with E-state index in [0.717, 1.165) is 116 Å². The highest BCUT2D eigenvalue weighted by molar-refractivity contribution is 5.74. The van der Waals surface area contributed by atoms with Crippen LogP contribution in [0.1, 0.15) is 290 Å². The smallest absolute Gasteiger partial charge is 0.335 e. The average Bonchev–Trinajstić information content (AvgIpc) is 3.52. The number of carboxylic acid groups (broad SMARTS) is 1. The molecule has 12 heteroatoms. The molecule has 1 rings (SSSR count). The summed E-state index contributed by atoms with van der Waals surface area (Å²) in [4.78, 5) is 51.3. The molecule has 0 saturated carbocycles. The minimum Gasteiger partial charge on any atom is -0.479 e. The Kier molecular flexibility index (Phi) is 52.6. The maximum Gasteiger partial charge on any atom is 0.335 e. The van der Waals surface area contributed by atoms with Crippen LogP contribution in [-0.2, 0) is 42.9 Å². The van der Waals surface area contributed by atoms with Crippen molar-refractivity contribution < 1.29 is 58.2 Å². The Balaban J connectivity index is 2.67. The molecule has 81 heavy (non-hydrogen) atoms. The zero-order valence-corrected chi connectivity index (χ0v) is 51.5. The number of aliphatic hydroxyl groups is 2. The minimum atomic E-state index is -1.91. The molecule has 12 nitrogen and oxygen atoms in total. The van der Waals surface area contributed by atoms with Gasteiger partial charge in [0, 0.05) is 19.3 Å². The third-order valence-corrected chi connectivity index (χ3v) is 14.8. The van der Waals surface area contributed by atoms with E-state index in [2.05, 4.69) is 93.7 Å². The predicted octanol–water partition coefficient (Wildman–Crippen LogP) is 17.7. The van der Waals surface area contributed by atoms with Crippen LogP contribution >= 0.6 is 0 Å². The van der Waals surface area contributed by atoms with Crippen LogP contribution in [0.4, 0.5) is 0 Å². The van der Waals surface area contributed by atoms with Crippen LogP contribution in [-0.4, -0.2) is 89.2 Å². The van der Waals surface area contributed by atoms with Crippen molar-refractivity contribution >= 4 is 23.9 Å². The van der Waals surface area contributed by atoms with E-state index in [1.54, 1.807) is 0 Å². The van der Waals surface area contributed by atoms with Crippen molar-refractivity contribution in [3.05, 3.63) is 72.9 Å². The largest absolute Gasteiger partial charge is 0.479 e. The second-order valence-electron chi connectivity index (χ2n) is 22.4. The maximum atomic E-state index is 13.2. The van der Waals surface area contributed by atoms with Gasteiger partial charge in [-0.2, -0.15) is 0 Å². The molecule has 6 unspecified atom stereocenters. The van der Waals surface area contributed by atoms with Crippen LogP contribution in [0.15, 0.2) is 72.9 Å². The zero-order chi connectivity index (χ0) is 58.9. The summed E-state index contributed by atoms with van der Waals surface area (Å²) in [6.45, 7) is 5.87. The molecule has 1 saturated heterocycles. The number of hydrogen-bond donors (Lipinski definition) is 3. The van der Waals surface area contributed by atoms with Crippen molar-refractivity contribution in [1.82, 2.24) is 0 Å². The number of carbonyl (C=O) groups is 4. The van der Waals surface area contributed by atoms with Crippen LogP contribution < -0.4 is 0 Å². The third-order valence-electron chi connectivity index (χ3n) is 14.8. The van der Waals surface area contributed by atoms with Gasteiger partial charge in [0.15, 0.2) is 24.6 Å². The van der Waals surface area contributed by atoms with E-state index in [9.17, 15) is 34.5 Å². The van der Waals surface area contributed by atoms with E-state index in [1.807, 2.05) is 0 Å². The molecule has 0 aromatic carbocycles. The number of esters is 3. The van der Waals surface area contributed by atoms with E-state index in [0.29, 0.717) is 19.3 Å². The predicted molar refractivity (Wildman–Crippen MR) is 331 cm³/mol. The number of rotatable bonds is 56. The Morgan fingerprint density at radius 1 is 0.420 bits per heavy atom. The molecular formula is C69H118O12. The molecule has 0 aliphatic carbocycles. The molecule has 0 aromatic heterocycles. The van der Waals surface area contributed by atoms with E-state index in [4.69, 9.17) is 23.7 Å². The first-order valence-corrected chi connectivity index (χ1v) is 32.9. The van der Waals surface area contributed by atoms with Gasteiger partial charge in [0.2, 0.25) is 0 Å². The fourth-order valence-electron chi connectivity index (χ4n) is 9.74. The maximum absolute atomic E-state index is 13.2. The lowest BCUT2D eigenvalue weighted by Crippen LogP contribution is -2.61. The highest BCUT2D eigenvalue weighted by Crippen LogP contribution is 2.27. The van der Waals surface area contributed by atoms with Gasteiger partial charge in [-0.15, -0.1) is 0 Å². The quantitative estimate of drug-likeness (QED) is 0.0228. The molecule has 6 atom stereocenters. The second-order valence-corrected chi connectivity index (χ2v) is 22.4. The molecule has 0 radical (unpaired) electrons. The van der Waals surface area contributed by atoms with Crippen LogP contribution in [0.5, 0.6) is 0 Å². The number of carboxylic acids is 1. The summed E-state index contributed by atoms with van der Waals surface area (Å²) in [6, 6.07) is 0. The molecule has 466 valence electrons. The number of aliphatic hydroxyl groups excluding tert-OH is 2. The van der Waals surface area contributed by atoms with Crippen LogP contribution in [0.25, 0.3) is 0 Å². The number of carbonyl (C=O) groups excluding carboxylic acids is 3. The van der Waals surface area contributed by atoms with E-state index < -0.39 is 67.3 Å². The molecule has 1 heterocycles. The molecule has 0 bridgehead atoms. The standard InChI is InChI=1S/C69H118O12/c1-4-7-10-13-16-19-22-25-28-30-31-33-35-37-40-43-46-49-52-55-61(70)77-58-60(79-62(71)56-53-50-47-44-41-39-36-32-29-26-23-20-17-14-11-8-5-2)59-78-69-67(65(74)64(73)66(81-69)68(75)76)80-63(72)57-54-51-48-45-42-38-34-27-24-21-18-15-12-9-6-3/h8,11,17-18,20-21,26-27,29,34,36,39,60,64-67,69,73-74H,4-7,9-10,12-16,19,22-25,28,30-33,35,37-38,40-59H2,1-3H3,(H,75,76)/b11-8-,20-17-,21-18-,29-26-,34-27-,39-36-. The molecule has 1 aliphatic rings. The summed E-state index contributed by atoms with van der Waals surface area (Å²) < 4.78 is 28.5. The molecule has 1 fully saturated rings. The second kappa shape index (κ2) is 56.6. The van der Waals surface area contributed by atoms with E-state index in [1.165, 1.54) is 116 Å². The van der Waals surface area contributed by atoms with Gasteiger partial charge in [-0.05, 0) is 89.9 Å². The summed E-state index contributed by atoms with van der Waals surface area (Å²) in [6.07, 6.45) is 60.0. The topological polar surface area (TPSA) is 175 Å². The first kappa shape index (κ1) is 75.2. The Morgan fingerprint density at radius 2 is 0.778 bits per heavy atom. The van der Waals surface area contributed by atoms with Gasteiger partial charge in [-0.3, -0.25) is 14.4 Å². The molecular weight excluding hydrogens is 1020 g/mol. The van der Waals surface area contributed by atoms with Gasteiger partial charge < -0.3 is 39.0 Å². The van der Waals surface area contributed by atoms with Crippen molar-refractivity contribution in [2.24, 2.45) is 0 Å². The first-order chi connectivity index (χ1) is 39.6. The van der Waals surface area contributed by atoms with Crippen LogP contribution in [0.2, 0.25) is 0 Å². The molecule has 0 spiro atoms. The monoisotopic (exact) mass is 1140 g/mol. The number of allylic oxidation sites excluding steroid dienone is 12. The molecule has 0 aromatic rings. The zero-order valence-electron chi connectivity index (χ0n) is 51.5. The lowest BCUT2D eigenvalue weighted by Gasteiger charge is -2.40. The van der Waals surface area contributed by atoms with Crippen molar-refractivity contribution in [3.8, 4) is 0 Å². The van der Waals surface area contributed by atoms with E-state index >= 15 is 0 Å². The van der Waals surface area contributed by atoms with Crippen LogP contribution in [0.3, 0.4) is 0 Å². The van der Waals surface area contributed by atoms with Gasteiger partial charge in [-0.25, -0.2) is 4.79 Å². The highest BCUT2D eigenvalue weighted by Gasteiger charge is 2.50. The fraction of sp³-hybridized carbons (Fsp3) is 0.768. The Morgan fingerprint density at radius 3 is 1.21 bits per heavy atom. The van der Waals surface area contributed by atoms with Crippen LogP contribution in [0, 0.1) is 0 Å². The minimum absolute atomic E-state index is 0.0407. The highest BCUT2D eigenvalue weighted by atomic mass is 16.7. The van der Waals surface area contributed by atoms with E-state index in [-0.39, 0.29) is 25.9 Å². The molecule has 3 N–H and O–H groups in total. The van der Waals surface area contributed by atoms with Crippen molar-refractivity contribution in [1.29, 1.82) is 0 Å². The molecule has 1 aliphatic heterocycles. The van der Waals surface area contributed by atoms with Gasteiger partial charge >= 0.3 is 23.9 Å². The van der Waals surface area contributed by atoms with Gasteiger partial charge in [-0.1, -0.05) is 254 Å². The Hall–Kier alpha value is -3.84. The van der Waals surface area contributed by atoms with Crippen molar-refractivity contribution in [2.75, 3.05) is 13.2 Å². The number of aliphatic carboxylic acids is 1. The normalized spacial score (nSPS) is 18.2. The fourth-order valence-corrected chi connectivity index (χ4v) is 9.74. The lowest BCUT2D eigenvalue weighted by molar-refractivity contribution is -0.301. The Labute approximate surface area is 493 Å². The third kappa shape index (κ3) is 46.3. The number of unbranched alkanes of at least 4 members (excludes halogenated alkanes) is 30. The first-order valence-electron chi connectivity index (χ1n) is 32.9. The number of hydrogen-bond acceptors (Lipinski definition) is 11. The molecule has 0 amide bonds. The number of ether oxygens (including phenoxy) is 5. The van der Waals surface area contributed by atoms with Gasteiger partial charge in [0.1, 0.15) is 18.8 Å². The summed E-state index contributed by atoms with van der Waals surface area (Å²) in [7, 11) is 0. The average molecular weight is 1140 g/mol. The van der Waals surface area contributed by atoms with Crippen molar-refractivity contribution in [3.63, 3.8) is 0 Å². The summed E-state index contributed by atoms with van der Waals surface area (Å²) in [5.41, 5.74) is 0.